The maximum absolute atomic E-state index is 12.8. The zero-order chi connectivity index (χ0) is 10.0. The van der Waals surface area contributed by atoms with E-state index in [-0.39, 0.29) is 19.6 Å². The van der Waals surface area contributed by atoms with Crippen LogP contribution in [0.1, 0.15) is 13.3 Å². The lowest BCUT2D eigenvalue weighted by Crippen LogP contribution is -2.42. The summed E-state index contributed by atoms with van der Waals surface area (Å²) in [6.07, 6.45) is -2.05. The summed E-state index contributed by atoms with van der Waals surface area (Å²) in [5.74, 6) is -0.515. The van der Waals surface area contributed by atoms with Crippen molar-refractivity contribution in [2.75, 3.05) is 13.2 Å². The van der Waals surface area contributed by atoms with E-state index in [2.05, 4.69) is 0 Å². The molecule has 1 saturated heterocycles. The van der Waals surface area contributed by atoms with Gasteiger partial charge in [0.2, 0.25) is 0 Å². The molecule has 5 heteroatoms. The third-order valence-electron chi connectivity index (χ3n) is 2.21. The Labute approximate surface area is 76.0 Å². The van der Waals surface area contributed by atoms with Crippen LogP contribution in [0, 0.1) is 0 Å². The molecule has 1 aliphatic heterocycles. The first-order chi connectivity index (χ1) is 6.06. The molecule has 0 bridgehead atoms. The minimum Gasteiger partial charge on any atom is -0.394 e. The molecule has 0 aromatic carbocycles. The SMILES string of the molecule is C[C@@H](O)C(=O)N1C[C@@H](F)C[C@H]1CO. The smallest absolute Gasteiger partial charge is 0.251 e. The molecule has 4 nitrogen and oxygen atoms in total. The predicted octanol–water partition coefficient (Wildman–Crippen LogP) is -0.702. The standard InChI is InChI=1S/C8H14FNO3/c1-5(12)8(13)10-3-6(9)2-7(10)4-11/h5-7,11-12H,2-4H2,1H3/t5-,6+,7+/m1/s1. The van der Waals surface area contributed by atoms with Gasteiger partial charge < -0.3 is 15.1 Å². The zero-order valence-corrected chi connectivity index (χ0v) is 7.48. The van der Waals surface area contributed by atoms with Crippen molar-refractivity contribution in [2.45, 2.75) is 31.7 Å². The number of hydrogen-bond acceptors (Lipinski definition) is 3. The molecule has 3 atom stereocenters. The quantitative estimate of drug-likeness (QED) is 0.606. The van der Waals surface area contributed by atoms with E-state index in [1.807, 2.05) is 0 Å². The first-order valence-electron chi connectivity index (χ1n) is 4.29. The number of carbonyl (C=O) groups is 1. The third-order valence-corrected chi connectivity index (χ3v) is 2.21. The molecule has 0 aliphatic carbocycles. The molecule has 0 saturated carbocycles. The lowest BCUT2D eigenvalue weighted by atomic mass is 10.2. The van der Waals surface area contributed by atoms with Crippen LogP contribution in [0.25, 0.3) is 0 Å². The topological polar surface area (TPSA) is 60.8 Å². The Morgan fingerprint density at radius 1 is 1.77 bits per heavy atom. The first kappa shape index (κ1) is 10.4. The van der Waals surface area contributed by atoms with E-state index in [0.29, 0.717) is 0 Å². The molecular formula is C8H14FNO3. The van der Waals surface area contributed by atoms with Gasteiger partial charge >= 0.3 is 0 Å². The first-order valence-corrected chi connectivity index (χ1v) is 4.29. The van der Waals surface area contributed by atoms with Gasteiger partial charge in [0.25, 0.3) is 5.91 Å². The van der Waals surface area contributed by atoms with E-state index < -0.39 is 24.2 Å². The summed E-state index contributed by atoms with van der Waals surface area (Å²) in [6.45, 7) is 1.07. The second-order valence-electron chi connectivity index (χ2n) is 3.34. The normalized spacial score (nSPS) is 30.6. The summed E-state index contributed by atoms with van der Waals surface area (Å²) in [5.41, 5.74) is 0. The van der Waals surface area contributed by atoms with Crippen molar-refractivity contribution < 1.29 is 19.4 Å². The van der Waals surface area contributed by atoms with Crippen LogP contribution in [0.3, 0.4) is 0 Å². The molecule has 1 aliphatic rings. The van der Waals surface area contributed by atoms with Crippen LogP contribution in [0.2, 0.25) is 0 Å². The monoisotopic (exact) mass is 191 g/mol. The second-order valence-corrected chi connectivity index (χ2v) is 3.34. The Morgan fingerprint density at radius 2 is 2.38 bits per heavy atom. The Balaban J connectivity index is 2.62. The summed E-state index contributed by atoms with van der Waals surface area (Å²) in [6, 6.07) is -0.475. The highest BCUT2D eigenvalue weighted by atomic mass is 19.1. The fourth-order valence-corrected chi connectivity index (χ4v) is 1.54. The fourth-order valence-electron chi connectivity index (χ4n) is 1.54. The van der Waals surface area contributed by atoms with E-state index in [1.165, 1.54) is 11.8 Å². The van der Waals surface area contributed by atoms with Gasteiger partial charge in [-0.15, -0.1) is 0 Å². The van der Waals surface area contributed by atoms with Crippen LogP contribution in [0.15, 0.2) is 0 Å². The fraction of sp³-hybridized carbons (Fsp3) is 0.875. The summed E-state index contributed by atoms with van der Waals surface area (Å²) in [4.78, 5) is 12.5. The molecule has 0 spiro atoms. The zero-order valence-electron chi connectivity index (χ0n) is 7.48. The largest absolute Gasteiger partial charge is 0.394 e. The number of likely N-dealkylation sites (tertiary alicyclic amines) is 1. The molecule has 2 N–H and O–H groups in total. The number of alkyl halides is 1. The maximum atomic E-state index is 12.8. The minimum atomic E-state index is -1.13. The van der Waals surface area contributed by atoms with E-state index in [4.69, 9.17) is 10.2 Å². The Kier molecular flexibility index (Phi) is 3.22. The van der Waals surface area contributed by atoms with Gasteiger partial charge in [-0.3, -0.25) is 4.79 Å². The van der Waals surface area contributed by atoms with E-state index in [0.717, 1.165) is 0 Å². The number of hydrogen-bond donors (Lipinski definition) is 2. The van der Waals surface area contributed by atoms with Crippen LogP contribution >= 0.6 is 0 Å². The molecule has 0 unspecified atom stereocenters. The van der Waals surface area contributed by atoms with Gasteiger partial charge in [-0.25, -0.2) is 4.39 Å². The highest BCUT2D eigenvalue weighted by molar-refractivity contribution is 5.80. The van der Waals surface area contributed by atoms with Crippen LogP contribution in [-0.2, 0) is 4.79 Å². The number of amides is 1. The Bertz CT molecular complexity index is 198. The third kappa shape index (κ3) is 2.16. The second kappa shape index (κ2) is 4.02. The van der Waals surface area contributed by atoms with Crippen molar-refractivity contribution in [2.24, 2.45) is 0 Å². The molecular weight excluding hydrogens is 177 g/mol. The Morgan fingerprint density at radius 3 is 2.85 bits per heavy atom. The molecule has 1 heterocycles. The highest BCUT2D eigenvalue weighted by Gasteiger charge is 2.35. The van der Waals surface area contributed by atoms with Gasteiger partial charge in [0, 0.05) is 6.42 Å². The highest BCUT2D eigenvalue weighted by Crippen LogP contribution is 2.20. The van der Waals surface area contributed by atoms with Crippen molar-refractivity contribution in [1.82, 2.24) is 4.90 Å². The van der Waals surface area contributed by atoms with Crippen molar-refractivity contribution >= 4 is 5.91 Å². The average molecular weight is 191 g/mol. The molecule has 0 radical (unpaired) electrons. The molecule has 1 fully saturated rings. The van der Waals surface area contributed by atoms with E-state index in [9.17, 15) is 9.18 Å². The lowest BCUT2D eigenvalue weighted by molar-refractivity contribution is -0.140. The number of aliphatic hydroxyl groups excluding tert-OH is 2. The van der Waals surface area contributed by atoms with E-state index in [1.54, 1.807) is 0 Å². The van der Waals surface area contributed by atoms with Crippen molar-refractivity contribution in [3.8, 4) is 0 Å². The van der Waals surface area contributed by atoms with E-state index >= 15 is 0 Å². The molecule has 76 valence electrons. The number of aliphatic hydroxyl groups is 2. The predicted molar refractivity (Wildman–Crippen MR) is 43.8 cm³/mol. The van der Waals surface area contributed by atoms with Crippen LogP contribution in [0.5, 0.6) is 0 Å². The summed E-state index contributed by atoms with van der Waals surface area (Å²) >= 11 is 0. The van der Waals surface area contributed by atoms with Crippen molar-refractivity contribution in [3.63, 3.8) is 0 Å². The summed E-state index contributed by atoms with van der Waals surface area (Å²) in [7, 11) is 0. The molecule has 1 rings (SSSR count). The van der Waals surface area contributed by atoms with Gasteiger partial charge in [-0.2, -0.15) is 0 Å². The number of halogens is 1. The van der Waals surface area contributed by atoms with Gasteiger partial charge in [0.05, 0.1) is 19.2 Å². The van der Waals surface area contributed by atoms with Gasteiger partial charge in [0.15, 0.2) is 0 Å². The molecule has 0 aromatic heterocycles. The average Bonchev–Trinajstić information content (AvgIpc) is 2.45. The molecule has 13 heavy (non-hydrogen) atoms. The molecule has 0 aromatic rings. The van der Waals surface area contributed by atoms with Gasteiger partial charge in [-0.05, 0) is 6.92 Å². The number of carbonyl (C=O) groups excluding carboxylic acids is 1. The van der Waals surface area contributed by atoms with Crippen LogP contribution in [-0.4, -0.2) is 52.5 Å². The van der Waals surface area contributed by atoms with Crippen molar-refractivity contribution in [1.29, 1.82) is 0 Å². The lowest BCUT2D eigenvalue weighted by Gasteiger charge is -2.23. The number of nitrogens with zero attached hydrogens (tertiary/aromatic N) is 1. The van der Waals surface area contributed by atoms with Crippen LogP contribution < -0.4 is 0 Å². The summed E-state index contributed by atoms with van der Waals surface area (Å²) < 4.78 is 12.8. The van der Waals surface area contributed by atoms with Gasteiger partial charge in [0.1, 0.15) is 12.3 Å². The minimum absolute atomic E-state index is 0.0189. The number of rotatable bonds is 2. The summed E-state index contributed by atoms with van der Waals surface area (Å²) in [5, 5.41) is 17.8. The van der Waals surface area contributed by atoms with Gasteiger partial charge in [-0.1, -0.05) is 0 Å². The Hall–Kier alpha value is -0.680. The van der Waals surface area contributed by atoms with Crippen molar-refractivity contribution in [3.05, 3.63) is 0 Å². The molecule has 1 amide bonds. The maximum Gasteiger partial charge on any atom is 0.251 e. The van der Waals surface area contributed by atoms with Crippen LogP contribution in [0.4, 0.5) is 4.39 Å².